The number of ether oxygens (including phenoxy) is 4. The van der Waals surface area contributed by atoms with Crippen LogP contribution in [0.15, 0.2) is 46.2 Å². The molecule has 2 rings (SSSR count). The minimum absolute atomic E-state index is 0. The maximum atomic E-state index is 12.2. The summed E-state index contributed by atoms with van der Waals surface area (Å²) in [6.07, 6.45) is 3.20. The molecule has 53 heavy (non-hydrogen) atoms. The van der Waals surface area contributed by atoms with Crippen LogP contribution >= 0.6 is 0 Å². The van der Waals surface area contributed by atoms with Gasteiger partial charge >= 0.3 is 46.9 Å². The molecule has 0 fully saturated rings. The van der Waals surface area contributed by atoms with Crippen molar-refractivity contribution < 1.29 is 64.1 Å². The zero-order chi connectivity index (χ0) is 39.8. The van der Waals surface area contributed by atoms with Crippen molar-refractivity contribution in [3.63, 3.8) is 0 Å². The summed E-state index contributed by atoms with van der Waals surface area (Å²) in [5.74, 6) is -2.68. The first-order valence-corrected chi connectivity index (χ1v) is 19.9. The van der Waals surface area contributed by atoms with Crippen LogP contribution in [0.3, 0.4) is 0 Å². The maximum Gasteiger partial charge on any atom is 2.00 e. The number of carbonyl (C=O) groups excluding carboxylic acids is 4. The molecule has 0 aliphatic heterocycles. The minimum Gasteiger partial charge on any atom is -0.744 e. The van der Waals surface area contributed by atoms with E-state index in [-0.39, 0.29) is 95.4 Å². The smallest absolute Gasteiger partial charge is 0.744 e. The van der Waals surface area contributed by atoms with E-state index in [1.165, 1.54) is 12.1 Å². The molecule has 2 aromatic rings. The SMILES string of the molecule is CCC(C)COC(=O)c1cc(C(=O)OCC(C)CC)cc(S(=O)(=O)[O-])c1.CCC(C)COC(=O)c1cc(C(=O)OCC(C)CC)cc(S(=O)(=O)[O-])c1.[Mg+2]. The fourth-order valence-corrected chi connectivity index (χ4v) is 4.72. The topological polar surface area (TPSA) is 220 Å². The van der Waals surface area contributed by atoms with Crippen molar-refractivity contribution in [1.29, 1.82) is 0 Å². The van der Waals surface area contributed by atoms with E-state index < -0.39 is 53.9 Å². The van der Waals surface area contributed by atoms with Crippen LogP contribution in [0.4, 0.5) is 0 Å². The molecule has 0 saturated carbocycles. The van der Waals surface area contributed by atoms with Crippen LogP contribution in [0.2, 0.25) is 0 Å². The normalized spacial score (nSPS) is 13.5. The van der Waals surface area contributed by atoms with Gasteiger partial charge in [0.25, 0.3) is 0 Å². The monoisotopic (exact) mass is 794 g/mol. The van der Waals surface area contributed by atoms with Gasteiger partial charge in [0.15, 0.2) is 0 Å². The van der Waals surface area contributed by atoms with Gasteiger partial charge in [-0.05, 0) is 60.1 Å². The third-order valence-electron chi connectivity index (χ3n) is 8.12. The molecule has 0 heterocycles. The van der Waals surface area contributed by atoms with E-state index in [0.717, 1.165) is 49.9 Å². The molecule has 0 N–H and O–H groups in total. The molecular weight excluding hydrogens is 745 g/mol. The van der Waals surface area contributed by atoms with Crippen molar-refractivity contribution in [2.24, 2.45) is 23.7 Å². The van der Waals surface area contributed by atoms with Crippen molar-refractivity contribution in [3.05, 3.63) is 58.7 Å². The zero-order valence-electron chi connectivity index (χ0n) is 31.7. The van der Waals surface area contributed by atoms with Crippen molar-refractivity contribution in [2.75, 3.05) is 26.4 Å². The Hall–Kier alpha value is -3.09. The summed E-state index contributed by atoms with van der Waals surface area (Å²) in [4.78, 5) is 47.3. The minimum atomic E-state index is -4.85. The molecule has 0 amide bonds. The summed E-state index contributed by atoms with van der Waals surface area (Å²) in [5.41, 5.74) is -0.720. The van der Waals surface area contributed by atoms with Crippen LogP contribution in [0.25, 0.3) is 0 Å². The third kappa shape index (κ3) is 18.2. The molecule has 14 nitrogen and oxygen atoms in total. The maximum absolute atomic E-state index is 12.2. The number of esters is 4. The van der Waals surface area contributed by atoms with Crippen molar-refractivity contribution >= 4 is 67.2 Å². The number of rotatable bonds is 18. The third-order valence-corrected chi connectivity index (χ3v) is 9.74. The molecular formula is C36H50MgO14S2. The number of carbonyl (C=O) groups is 4. The zero-order valence-corrected chi connectivity index (χ0v) is 34.7. The Bertz CT molecular complexity index is 1530. The molecule has 0 aliphatic carbocycles. The fraction of sp³-hybridized carbons (Fsp3) is 0.556. The first-order chi connectivity index (χ1) is 24.2. The van der Waals surface area contributed by atoms with E-state index in [0.29, 0.717) is 0 Å². The van der Waals surface area contributed by atoms with Gasteiger partial charge < -0.3 is 28.1 Å². The Kier molecular flexibility index (Phi) is 22.3. The quantitative estimate of drug-likeness (QED) is 0.0775. The number of benzene rings is 2. The molecule has 0 saturated heterocycles. The van der Waals surface area contributed by atoms with Gasteiger partial charge in [0.1, 0.15) is 20.2 Å². The molecule has 2 aromatic carbocycles. The van der Waals surface area contributed by atoms with Gasteiger partial charge in [0.2, 0.25) is 0 Å². The van der Waals surface area contributed by atoms with Gasteiger partial charge in [-0.1, -0.05) is 81.1 Å². The molecule has 17 heteroatoms. The van der Waals surface area contributed by atoms with Crippen LogP contribution in [0.1, 0.15) is 123 Å². The second kappa shape index (κ2) is 23.6. The summed E-state index contributed by atoms with van der Waals surface area (Å²) >= 11 is 0. The van der Waals surface area contributed by atoms with E-state index >= 15 is 0 Å². The van der Waals surface area contributed by atoms with Gasteiger partial charge in [0, 0.05) is 0 Å². The standard InChI is InChI=1S/2C18H26O7S.Mg/c2*1-5-12(3)10-24-17(19)14-7-15(9-16(8-14)26(21,22)23)18(20)25-11-13(4)6-2;/h2*7-9,12-13H,5-6,10-11H2,1-4H3,(H,21,22,23);/q;;+2/p-2. The van der Waals surface area contributed by atoms with Crippen LogP contribution in [-0.4, -0.2) is 99.3 Å². The average molecular weight is 795 g/mol. The van der Waals surface area contributed by atoms with Gasteiger partial charge in [-0.25, -0.2) is 36.0 Å². The summed E-state index contributed by atoms with van der Waals surface area (Å²) in [6.45, 7) is 15.9. The van der Waals surface area contributed by atoms with Crippen LogP contribution in [0, 0.1) is 23.7 Å². The molecule has 4 unspecified atom stereocenters. The van der Waals surface area contributed by atoms with E-state index in [9.17, 15) is 45.1 Å². The van der Waals surface area contributed by atoms with Crippen molar-refractivity contribution in [2.45, 2.75) is 90.9 Å². The largest absolute Gasteiger partial charge is 2.00 e. The molecule has 0 radical (unpaired) electrons. The molecule has 0 bridgehead atoms. The van der Waals surface area contributed by atoms with E-state index in [4.69, 9.17) is 18.9 Å². The summed E-state index contributed by atoms with van der Waals surface area (Å²) in [6, 6.07) is 5.98. The first-order valence-electron chi connectivity index (χ1n) is 17.1. The van der Waals surface area contributed by atoms with Gasteiger partial charge in [-0.3, -0.25) is 0 Å². The Morgan fingerprint density at radius 2 is 0.660 bits per heavy atom. The Balaban J connectivity index is 0.00000100. The number of hydrogen-bond acceptors (Lipinski definition) is 14. The Labute approximate surface area is 329 Å². The van der Waals surface area contributed by atoms with E-state index in [1.54, 1.807) is 0 Å². The number of hydrogen-bond donors (Lipinski definition) is 0. The van der Waals surface area contributed by atoms with E-state index in [2.05, 4.69) is 0 Å². The van der Waals surface area contributed by atoms with Gasteiger partial charge in [-0.15, -0.1) is 0 Å². The second-order valence-electron chi connectivity index (χ2n) is 12.8. The summed E-state index contributed by atoms with van der Waals surface area (Å²) in [7, 11) is -9.70. The van der Waals surface area contributed by atoms with Crippen LogP contribution < -0.4 is 0 Å². The fourth-order valence-electron chi connectivity index (χ4n) is 3.63. The Morgan fingerprint density at radius 3 is 0.811 bits per heavy atom. The van der Waals surface area contributed by atoms with Gasteiger partial charge in [-0.2, -0.15) is 0 Å². The second-order valence-corrected chi connectivity index (χ2v) is 15.6. The summed E-state index contributed by atoms with van der Waals surface area (Å²) < 4.78 is 88.5. The van der Waals surface area contributed by atoms with E-state index in [1.807, 2.05) is 55.4 Å². The van der Waals surface area contributed by atoms with Crippen LogP contribution in [-0.2, 0) is 39.2 Å². The van der Waals surface area contributed by atoms with Gasteiger partial charge in [0.05, 0.1) is 58.5 Å². The average Bonchev–Trinajstić information content (AvgIpc) is 3.12. The molecule has 4 atom stereocenters. The first kappa shape index (κ1) is 49.9. The molecule has 0 aliphatic rings. The summed E-state index contributed by atoms with van der Waals surface area (Å²) in [5, 5.41) is 0. The van der Waals surface area contributed by atoms with Crippen LogP contribution in [0.5, 0.6) is 0 Å². The molecule has 0 spiro atoms. The predicted molar refractivity (Wildman–Crippen MR) is 194 cm³/mol. The Morgan fingerprint density at radius 1 is 0.472 bits per heavy atom. The molecule has 0 aromatic heterocycles. The predicted octanol–water partition coefficient (Wildman–Crippen LogP) is 5.61. The van der Waals surface area contributed by atoms with Crippen molar-refractivity contribution in [1.82, 2.24) is 0 Å². The van der Waals surface area contributed by atoms with Crippen molar-refractivity contribution in [3.8, 4) is 0 Å². The molecule has 292 valence electrons.